The third kappa shape index (κ3) is 4.01. The fourth-order valence-electron chi connectivity index (χ4n) is 3.03. The number of hydrogen-bond donors (Lipinski definition) is 0. The van der Waals surface area contributed by atoms with Crippen LogP contribution in [0.15, 0.2) is 81.7 Å². The predicted molar refractivity (Wildman–Crippen MR) is 122 cm³/mol. The van der Waals surface area contributed by atoms with Gasteiger partial charge in [-0.1, -0.05) is 60.7 Å². The van der Waals surface area contributed by atoms with E-state index in [0.29, 0.717) is 8.95 Å². The van der Waals surface area contributed by atoms with Gasteiger partial charge in [-0.2, -0.15) is 9.05 Å². The number of fused-ring (bicyclic) bond motifs is 2. The largest absolute Gasteiger partial charge is 0.812 e. The van der Waals surface area contributed by atoms with E-state index in [1.807, 2.05) is 48.5 Å². The minimum Gasteiger partial charge on any atom is -0.241 e. The van der Waals surface area contributed by atoms with Gasteiger partial charge in [-0.15, -0.1) is 0 Å². The van der Waals surface area contributed by atoms with Crippen LogP contribution in [0.3, 0.4) is 0 Å². The first-order valence-electron chi connectivity index (χ1n) is 8.72. The Morgan fingerprint density at radius 1 is 0.633 bits per heavy atom. The Kier molecular flexibility index (Phi) is 5.95. The van der Waals surface area contributed by atoms with E-state index >= 15 is 0 Å². The summed E-state index contributed by atoms with van der Waals surface area (Å²) in [7, 11) is -3.01. The standard InChI is InChI=1S/C22H12Br2O5P/c23-19-15-7-3-1-5-13(15)9-11-17(19)21(25)28-30(27)29-22(26)18-12-10-14-6-2-4-8-16(14)20(18)24/h1-12H/q+1. The Bertz CT molecular complexity index is 1230. The van der Waals surface area contributed by atoms with Crippen LogP contribution < -0.4 is 0 Å². The van der Waals surface area contributed by atoms with Gasteiger partial charge in [-0.3, -0.25) is 0 Å². The van der Waals surface area contributed by atoms with Gasteiger partial charge < -0.3 is 0 Å². The van der Waals surface area contributed by atoms with E-state index in [4.69, 9.17) is 9.05 Å². The molecule has 8 heteroatoms. The van der Waals surface area contributed by atoms with Crippen molar-refractivity contribution in [2.75, 3.05) is 0 Å². The van der Waals surface area contributed by atoms with Crippen LogP contribution >= 0.6 is 40.1 Å². The lowest BCUT2D eigenvalue weighted by Crippen LogP contribution is -2.06. The van der Waals surface area contributed by atoms with E-state index in [-0.39, 0.29) is 11.1 Å². The molecular weight excluding hydrogens is 535 g/mol. The van der Waals surface area contributed by atoms with E-state index in [1.165, 1.54) is 0 Å². The monoisotopic (exact) mass is 545 g/mol. The molecule has 0 aliphatic heterocycles. The number of carbonyl (C=O) groups excluding carboxylic acids is 2. The second-order valence-electron chi connectivity index (χ2n) is 6.28. The Labute approximate surface area is 189 Å². The highest BCUT2D eigenvalue weighted by Gasteiger charge is 2.34. The normalized spacial score (nSPS) is 10.7. The lowest BCUT2D eigenvalue weighted by atomic mass is 10.1. The van der Waals surface area contributed by atoms with Crippen LogP contribution in [0.4, 0.5) is 0 Å². The van der Waals surface area contributed by atoms with E-state index in [2.05, 4.69) is 31.9 Å². The minimum absolute atomic E-state index is 0.181. The molecule has 5 nitrogen and oxygen atoms in total. The molecule has 148 valence electrons. The lowest BCUT2D eigenvalue weighted by Gasteiger charge is -2.05. The van der Waals surface area contributed by atoms with Gasteiger partial charge >= 0.3 is 20.2 Å². The summed E-state index contributed by atoms with van der Waals surface area (Å²) in [5.74, 6) is -1.72. The lowest BCUT2D eigenvalue weighted by molar-refractivity contribution is 0.0653. The molecule has 0 spiro atoms. The van der Waals surface area contributed by atoms with Gasteiger partial charge in [-0.25, -0.2) is 9.59 Å². The van der Waals surface area contributed by atoms with Gasteiger partial charge in [0.2, 0.25) is 0 Å². The molecule has 0 amide bonds. The Morgan fingerprint density at radius 2 is 1.03 bits per heavy atom. The molecule has 0 unspecified atom stereocenters. The van der Waals surface area contributed by atoms with Crippen LogP contribution in [-0.2, 0) is 13.6 Å². The van der Waals surface area contributed by atoms with Gasteiger partial charge in [0.1, 0.15) is 0 Å². The summed E-state index contributed by atoms with van der Waals surface area (Å²) in [5.41, 5.74) is 0.361. The molecule has 0 fully saturated rings. The topological polar surface area (TPSA) is 69.7 Å². The van der Waals surface area contributed by atoms with Crippen molar-refractivity contribution < 1.29 is 23.2 Å². The SMILES string of the molecule is O=C(O[P+](=O)OC(=O)c1ccc2ccccc2c1Br)c1ccc2ccccc2c1Br. The molecule has 4 aromatic carbocycles. The van der Waals surface area contributed by atoms with E-state index in [9.17, 15) is 14.2 Å². The summed E-state index contributed by atoms with van der Waals surface area (Å²) in [6, 6.07) is 21.5. The molecule has 0 aliphatic rings. The first-order valence-corrected chi connectivity index (χ1v) is 11.4. The molecule has 0 atom stereocenters. The number of hydrogen-bond acceptors (Lipinski definition) is 5. The van der Waals surface area contributed by atoms with Crippen molar-refractivity contribution >= 4 is 73.6 Å². The van der Waals surface area contributed by atoms with Crippen molar-refractivity contribution in [3.63, 3.8) is 0 Å². The fourth-order valence-corrected chi connectivity index (χ4v) is 4.85. The van der Waals surface area contributed by atoms with E-state index < -0.39 is 20.2 Å². The van der Waals surface area contributed by atoms with Gasteiger partial charge in [-0.05, 0) is 65.5 Å². The number of rotatable bonds is 4. The molecular formula is C22H12Br2O5P+. The van der Waals surface area contributed by atoms with Crippen LogP contribution in [0, 0.1) is 0 Å². The Balaban J connectivity index is 1.51. The fraction of sp³-hybridized carbons (Fsp3) is 0. The van der Waals surface area contributed by atoms with Gasteiger partial charge in [0.25, 0.3) is 0 Å². The highest BCUT2D eigenvalue weighted by atomic mass is 79.9. The minimum atomic E-state index is -3.01. The second kappa shape index (κ2) is 8.64. The summed E-state index contributed by atoms with van der Waals surface area (Å²) >= 11 is 6.77. The molecule has 0 radical (unpaired) electrons. The zero-order valence-electron chi connectivity index (χ0n) is 15.2. The van der Waals surface area contributed by atoms with E-state index in [0.717, 1.165) is 21.5 Å². The average molecular weight is 547 g/mol. The maximum atomic E-state index is 12.4. The highest BCUT2D eigenvalue weighted by Crippen LogP contribution is 2.34. The van der Waals surface area contributed by atoms with Crippen LogP contribution in [-0.4, -0.2) is 11.9 Å². The number of carbonyl (C=O) groups is 2. The summed E-state index contributed by atoms with van der Waals surface area (Å²) in [6.45, 7) is 0. The van der Waals surface area contributed by atoms with Gasteiger partial charge in [0, 0.05) is 13.5 Å². The third-order valence-electron chi connectivity index (χ3n) is 4.48. The van der Waals surface area contributed by atoms with Crippen molar-refractivity contribution in [2.45, 2.75) is 0 Å². The second-order valence-corrected chi connectivity index (χ2v) is 8.68. The van der Waals surface area contributed by atoms with E-state index in [1.54, 1.807) is 24.3 Å². The molecule has 0 saturated heterocycles. The quantitative estimate of drug-likeness (QED) is 0.253. The maximum Gasteiger partial charge on any atom is 0.812 e. The van der Waals surface area contributed by atoms with Gasteiger partial charge in [0.15, 0.2) is 0 Å². The summed E-state index contributed by atoms with van der Waals surface area (Å²) in [6.07, 6.45) is 0. The Morgan fingerprint density at radius 3 is 1.47 bits per heavy atom. The first kappa shape index (κ1) is 20.7. The Hall–Kier alpha value is -2.60. The van der Waals surface area contributed by atoms with Crippen molar-refractivity contribution in [3.05, 3.63) is 92.9 Å². The first-order chi connectivity index (χ1) is 14.5. The van der Waals surface area contributed by atoms with Crippen LogP contribution in [0.25, 0.3) is 21.5 Å². The smallest absolute Gasteiger partial charge is 0.241 e. The van der Waals surface area contributed by atoms with Crippen molar-refractivity contribution in [3.8, 4) is 0 Å². The molecule has 0 aliphatic carbocycles. The highest BCUT2D eigenvalue weighted by molar-refractivity contribution is 9.11. The number of benzene rings is 4. The maximum absolute atomic E-state index is 12.4. The van der Waals surface area contributed by atoms with Crippen LogP contribution in [0.5, 0.6) is 0 Å². The molecule has 4 aromatic rings. The average Bonchev–Trinajstić information content (AvgIpc) is 2.74. The summed E-state index contributed by atoms with van der Waals surface area (Å²) < 4.78 is 23.0. The molecule has 0 aromatic heterocycles. The zero-order chi connectivity index (χ0) is 21.3. The van der Waals surface area contributed by atoms with Crippen molar-refractivity contribution in [2.24, 2.45) is 0 Å². The molecule has 0 bridgehead atoms. The molecule has 0 saturated carbocycles. The van der Waals surface area contributed by atoms with Gasteiger partial charge in [0.05, 0.1) is 11.1 Å². The van der Waals surface area contributed by atoms with Crippen LogP contribution in [0.2, 0.25) is 0 Å². The predicted octanol–water partition coefficient (Wildman–Crippen LogP) is 7.19. The zero-order valence-corrected chi connectivity index (χ0v) is 19.2. The van der Waals surface area contributed by atoms with Crippen molar-refractivity contribution in [1.82, 2.24) is 0 Å². The molecule has 0 heterocycles. The molecule has 0 N–H and O–H groups in total. The molecule has 4 rings (SSSR count). The summed E-state index contributed by atoms with van der Waals surface area (Å²) in [4.78, 5) is 24.9. The summed E-state index contributed by atoms with van der Waals surface area (Å²) in [5, 5.41) is 3.47. The van der Waals surface area contributed by atoms with Crippen LogP contribution in [0.1, 0.15) is 20.7 Å². The number of halogens is 2. The third-order valence-corrected chi connectivity index (χ3v) is 6.82. The van der Waals surface area contributed by atoms with Crippen molar-refractivity contribution in [1.29, 1.82) is 0 Å². The molecule has 30 heavy (non-hydrogen) atoms.